The van der Waals surface area contributed by atoms with Gasteiger partial charge in [-0.15, -0.1) is 0 Å². The number of imidazole rings is 1. The molecule has 2 aromatic rings. The topological polar surface area (TPSA) is 17.8 Å². The second kappa shape index (κ2) is 4.10. The van der Waals surface area contributed by atoms with Crippen molar-refractivity contribution in [3.8, 4) is 0 Å². The van der Waals surface area contributed by atoms with Crippen molar-refractivity contribution in [2.75, 3.05) is 0 Å². The van der Waals surface area contributed by atoms with Gasteiger partial charge in [0.15, 0.2) is 0 Å². The third-order valence-corrected chi connectivity index (χ3v) is 3.07. The number of fused-ring (bicyclic) bond motifs is 1. The minimum absolute atomic E-state index is 0.406. The Hall–Kier alpha value is -1.02. The van der Waals surface area contributed by atoms with E-state index in [4.69, 9.17) is 11.6 Å². The molecule has 0 unspecified atom stereocenters. The van der Waals surface area contributed by atoms with E-state index >= 15 is 0 Å². The van der Waals surface area contributed by atoms with E-state index in [1.54, 1.807) is 0 Å². The van der Waals surface area contributed by atoms with Crippen LogP contribution in [0.3, 0.4) is 0 Å². The minimum Gasteiger partial charge on any atom is -0.328 e. The normalized spacial score (nSPS) is 11.9. The first-order chi connectivity index (χ1) is 7.50. The van der Waals surface area contributed by atoms with Crippen LogP contribution in [0.15, 0.2) is 18.5 Å². The van der Waals surface area contributed by atoms with Crippen molar-refractivity contribution in [3.63, 3.8) is 0 Å². The smallest absolute Gasteiger partial charge is 0.0960 e. The summed E-state index contributed by atoms with van der Waals surface area (Å²) >= 11 is 6.16. The standard InChI is InChI=1S/C13H17ClN2/c1-8(2)11-5-10(14)6-12-13(11)15-7-16(12)9(3)4/h5-9H,1-4H3. The number of hydrogen-bond acceptors (Lipinski definition) is 1. The van der Waals surface area contributed by atoms with Gasteiger partial charge in [0.1, 0.15) is 0 Å². The molecule has 0 atom stereocenters. The lowest BCUT2D eigenvalue weighted by Crippen LogP contribution is -1.98. The Balaban J connectivity index is 2.75. The van der Waals surface area contributed by atoms with Crippen molar-refractivity contribution in [3.05, 3.63) is 29.0 Å². The molecule has 0 N–H and O–H groups in total. The zero-order chi connectivity index (χ0) is 11.9. The van der Waals surface area contributed by atoms with Crippen LogP contribution in [0.25, 0.3) is 11.0 Å². The van der Waals surface area contributed by atoms with Crippen LogP contribution in [0.5, 0.6) is 0 Å². The van der Waals surface area contributed by atoms with Gasteiger partial charge in [0.2, 0.25) is 0 Å². The zero-order valence-electron chi connectivity index (χ0n) is 10.2. The largest absolute Gasteiger partial charge is 0.328 e. The van der Waals surface area contributed by atoms with E-state index in [2.05, 4.69) is 37.2 Å². The molecule has 0 saturated heterocycles. The van der Waals surface area contributed by atoms with Gasteiger partial charge in [-0.2, -0.15) is 0 Å². The molecule has 2 nitrogen and oxygen atoms in total. The second-order valence-electron chi connectivity index (χ2n) is 4.76. The van der Waals surface area contributed by atoms with Crippen LogP contribution in [-0.4, -0.2) is 9.55 Å². The van der Waals surface area contributed by atoms with Crippen LogP contribution in [0.2, 0.25) is 5.02 Å². The van der Waals surface area contributed by atoms with Gasteiger partial charge in [-0.05, 0) is 37.5 Å². The molecule has 0 aliphatic heterocycles. The molecule has 0 amide bonds. The molecule has 0 radical (unpaired) electrons. The number of hydrogen-bond donors (Lipinski definition) is 0. The Morgan fingerprint density at radius 1 is 1.19 bits per heavy atom. The van der Waals surface area contributed by atoms with E-state index in [1.165, 1.54) is 5.56 Å². The van der Waals surface area contributed by atoms with Crippen molar-refractivity contribution in [1.29, 1.82) is 0 Å². The highest BCUT2D eigenvalue weighted by Gasteiger charge is 2.12. The van der Waals surface area contributed by atoms with E-state index in [0.717, 1.165) is 16.1 Å². The fraction of sp³-hybridized carbons (Fsp3) is 0.462. The van der Waals surface area contributed by atoms with Crippen molar-refractivity contribution >= 4 is 22.6 Å². The third kappa shape index (κ3) is 1.82. The quantitative estimate of drug-likeness (QED) is 0.756. The summed E-state index contributed by atoms with van der Waals surface area (Å²) in [5.41, 5.74) is 3.43. The molecule has 86 valence electrons. The molecule has 1 aromatic heterocycles. The molecule has 0 spiro atoms. The summed E-state index contributed by atoms with van der Waals surface area (Å²) in [5.74, 6) is 0.441. The maximum atomic E-state index is 6.16. The summed E-state index contributed by atoms with van der Waals surface area (Å²) in [4.78, 5) is 4.51. The van der Waals surface area contributed by atoms with E-state index in [-0.39, 0.29) is 0 Å². The molecule has 0 aliphatic rings. The van der Waals surface area contributed by atoms with Gasteiger partial charge in [-0.25, -0.2) is 4.98 Å². The fourth-order valence-electron chi connectivity index (χ4n) is 1.98. The predicted molar refractivity (Wildman–Crippen MR) is 69.2 cm³/mol. The molecule has 3 heteroatoms. The van der Waals surface area contributed by atoms with Crippen LogP contribution >= 0.6 is 11.6 Å². The lowest BCUT2D eigenvalue weighted by atomic mass is 10.0. The minimum atomic E-state index is 0.406. The van der Waals surface area contributed by atoms with Crippen molar-refractivity contribution in [1.82, 2.24) is 9.55 Å². The highest BCUT2D eigenvalue weighted by atomic mass is 35.5. The van der Waals surface area contributed by atoms with Crippen molar-refractivity contribution < 1.29 is 0 Å². The van der Waals surface area contributed by atoms with Crippen LogP contribution < -0.4 is 0 Å². The Morgan fingerprint density at radius 2 is 1.88 bits per heavy atom. The van der Waals surface area contributed by atoms with Crippen LogP contribution in [0, 0.1) is 0 Å². The Morgan fingerprint density at radius 3 is 2.44 bits per heavy atom. The summed E-state index contributed by atoms with van der Waals surface area (Å²) in [7, 11) is 0. The Labute approximate surface area is 101 Å². The lowest BCUT2D eigenvalue weighted by Gasteiger charge is -2.11. The average Bonchev–Trinajstić information content (AvgIpc) is 2.59. The fourth-order valence-corrected chi connectivity index (χ4v) is 2.20. The second-order valence-corrected chi connectivity index (χ2v) is 5.20. The molecular weight excluding hydrogens is 220 g/mol. The monoisotopic (exact) mass is 236 g/mol. The molecule has 1 aromatic carbocycles. The Kier molecular flexibility index (Phi) is 2.94. The first-order valence-electron chi connectivity index (χ1n) is 5.66. The summed E-state index contributed by atoms with van der Waals surface area (Å²) < 4.78 is 2.16. The maximum Gasteiger partial charge on any atom is 0.0960 e. The van der Waals surface area contributed by atoms with E-state index in [1.807, 2.05) is 18.5 Å². The average molecular weight is 237 g/mol. The van der Waals surface area contributed by atoms with E-state index < -0.39 is 0 Å². The van der Waals surface area contributed by atoms with Gasteiger partial charge in [0, 0.05) is 11.1 Å². The third-order valence-electron chi connectivity index (χ3n) is 2.85. The number of nitrogens with zero attached hydrogens (tertiary/aromatic N) is 2. The molecular formula is C13H17ClN2. The zero-order valence-corrected chi connectivity index (χ0v) is 10.9. The molecule has 1 heterocycles. The lowest BCUT2D eigenvalue weighted by molar-refractivity contribution is 0.617. The summed E-state index contributed by atoms with van der Waals surface area (Å²) in [6.45, 7) is 8.63. The molecule has 0 fully saturated rings. The van der Waals surface area contributed by atoms with Gasteiger partial charge in [0.25, 0.3) is 0 Å². The summed E-state index contributed by atoms with van der Waals surface area (Å²) in [6, 6.07) is 4.42. The number of rotatable bonds is 2. The molecule has 16 heavy (non-hydrogen) atoms. The van der Waals surface area contributed by atoms with Crippen molar-refractivity contribution in [2.24, 2.45) is 0 Å². The van der Waals surface area contributed by atoms with Crippen LogP contribution in [0.4, 0.5) is 0 Å². The maximum absolute atomic E-state index is 6.16. The summed E-state index contributed by atoms with van der Waals surface area (Å²) in [5, 5.41) is 0.790. The van der Waals surface area contributed by atoms with Crippen LogP contribution in [0.1, 0.15) is 45.2 Å². The number of halogens is 1. The predicted octanol–water partition coefficient (Wildman–Crippen LogP) is 4.39. The van der Waals surface area contributed by atoms with Crippen molar-refractivity contribution in [2.45, 2.75) is 39.7 Å². The van der Waals surface area contributed by atoms with Gasteiger partial charge in [-0.3, -0.25) is 0 Å². The first-order valence-corrected chi connectivity index (χ1v) is 6.04. The van der Waals surface area contributed by atoms with Gasteiger partial charge < -0.3 is 4.57 Å². The number of aromatic nitrogens is 2. The highest BCUT2D eigenvalue weighted by molar-refractivity contribution is 6.31. The SMILES string of the molecule is CC(C)c1cc(Cl)cc2c1ncn2C(C)C. The number of benzene rings is 1. The van der Waals surface area contributed by atoms with Gasteiger partial charge in [-0.1, -0.05) is 25.4 Å². The molecule has 0 aliphatic carbocycles. The first kappa shape index (κ1) is 11.5. The van der Waals surface area contributed by atoms with Gasteiger partial charge >= 0.3 is 0 Å². The summed E-state index contributed by atoms with van der Waals surface area (Å²) in [6.07, 6.45) is 1.90. The highest BCUT2D eigenvalue weighted by Crippen LogP contribution is 2.29. The van der Waals surface area contributed by atoms with E-state index in [9.17, 15) is 0 Å². The molecule has 0 saturated carbocycles. The molecule has 0 bridgehead atoms. The molecule has 2 rings (SSSR count). The van der Waals surface area contributed by atoms with Gasteiger partial charge in [0.05, 0.1) is 17.4 Å². The van der Waals surface area contributed by atoms with E-state index in [0.29, 0.717) is 12.0 Å². The Bertz CT molecular complexity index is 512. The van der Waals surface area contributed by atoms with Crippen LogP contribution in [-0.2, 0) is 0 Å².